The molecular formula is C15H20N4O. The van der Waals surface area contributed by atoms with Crippen molar-refractivity contribution in [3.05, 3.63) is 47.2 Å². The Hall–Kier alpha value is -2.01. The first-order valence-electron chi connectivity index (χ1n) is 6.68. The Balaban J connectivity index is 2.50. The van der Waals surface area contributed by atoms with Crippen LogP contribution in [0.25, 0.3) is 0 Å². The topological polar surface area (TPSA) is 59.9 Å². The van der Waals surface area contributed by atoms with Crippen LogP contribution in [0.2, 0.25) is 0 Å². The molecule has 1 N–H and O–H groups in total. The molecule has 0 fully saturated rings. The summed E-state index contributed by atoms with van der Waals surface area (Å²) in [6, 6.07) is 2.00. The molecule has 2 rings (SSSR count). The number of ether oxygens (including phenoxy) is 1. The molecule has 5 nitrogen and oxygen atoms in total. The molecule has 0 bridgehead atoms. The standard InChI is InChI=1S/C15H20N4O/c1-5-16-13(12-11(3)8-10(2)9-19-12)14-15(20-4)18-7-6-17-14/h6-9,13,16H,5H2,1-4H3. The smallest absolute Gasteiger partial charge is 0.237 e. The molecule has 2 aromatic heterocycles. The number of rotatable bonds is 5. The Morgan fingerprint density at radius 2 is 1.90 bits per heavy atom. The Kier molecular flexibility index (Phi) is 4.63. The highest BCUT2D eigenvalue weighted by Crippen LogP contribution is 2.27. The van der Waals surface area contributed by atoms with E-state index in [2.05, 4.69) is 40.2 Å². The first-order valence-corrected chi connectivity index (χ1v) is 6.68. The zero-order valence-corrected chi connectivity index (χ0v) is 12.3. The van der Waals surface area contributed by atoms with E-state index >= 15 is 0 Å². The van der Waals surface area contributed by atoms with Gasteiger partial charge in [0.05, 0.1) is 18.8 Å². The summed E-state index contributed by atoms with van der Waals surface area (Å²) in [7, 11) is 1.60. The maximum atomic E-state index is 5.32. The number of nitrogens with zero attached hydrogens (tertiary/aromatic N) is 3. The summed E-state index contributed by atoms with van der Waals surface area (Å²) in [5, 5.41) is 3.41. The zero-order valence-electron chi connectivity index (χ0n) is 12.3. The summed E-state index contributed by atoms with van der Waals surface area (Å²) in [6.07, 6.45) is 5.17. The third-order valence-electron chi connectivity index (χ3n) is 3.10. The van der Waals surface area contributed by atoms with Crippen molar-refractivity contribution in [1.29, 1.82) is 0 Å². The van der Waals surface area contributed by atoms with Crippen molar-refractivity contribution in [3.8, 4) is 5.88 Å². The predicted molar refractivity (Wildman–Crippen MR) is 77.8 cm³/mol. The molecule has 0 radical (unpaired) electrons. The molecule has 0 amide bonds. The second kappa shape index (κ2) is 6.43. The molecule has 2 aromatic rings. The van der Waals surface area contributed by atoms with E-state index in [0.29, 0.717) is 5.88 Å². The summed E-state index contributed by atoms with van der Waals surface area (Å²) in [5.41, 5.74) is 3.99. The summed E-state index contributed by atoms with van der Waals surface area (Å²) >= 11 is 0. The zero-order chi connectivity index (χ0) is 14.5. The largest absolute Gasteiger partial charge is 0.480 e. The van der Waals surface area contributed by atoms with Crippen LogP contribution >= 0.6 is 0 Å². The van der Waals surface area contributed by atoms with E-state index in [-0.39, 0.29) is 6.04 Å². The highest BCUT2D eigenvalue weighted by Gasteiger charge is 2.22. The third kappa shape index (κ3) is 2.93. The van der Waals surface area contributed by atoms with Crippen LogP contribution < -0.4 is 10.1 Å². The molecule has 0 aliphatic carbocycles. The first kappa shape index (κ1) is 14.4. The lowest BCUT2D eigenvalue weighted by Crippen LogP contribution is -2.25. The second-order valence-corrected chi connectivity index (χ2v) is 4.66. The van der Waals surface area contributed by atoms with Gasteiger partial charge in [-0.2, -0.15) is 0 Å². The summed E-state index contributed by atoms with van der Waals surface area (Å²) in [5.74, 6) is 0.528. The van der Waals surface area contributed by atoms with Crippen molar-refractivity contribution in [3.63, 3.8) is 0 Å². The molecular weight excluding hydrogens is 252 g/mol. The van der Waals surface area contributed by atoms with E-state index in [1.54, 1.807) is 19.5 Å². The van der Waals surface area contributed by atoms with Crippen LogP contribution in [0.1, 0.15) is 35.5 Å². The Morgan fingerprint density at radius 1 is 1.15 bits per heavy atom. The minimum absolute atomic E-state index is 0.121. The number of hydrogen-bond donors (Lipinski definition) is 1. The van der Waals surface area contributed by atoms with Gasteiger partial charge < -0.3 is 10.1 Å². The lowest BCUT2D eigenvalue weighted by molar-refractivity contribution is 0.382. The maximum absolute atomic E-state index is 5.32. The molecule has 0 saturated carbocycles. The second-order valence-electron chi connectivity index (χ2n) is 4.66. The van der Waals surface area contributed by atoms with Gasteiger partial charge >= 0.3 is 0 Å². The third-order valence-corrected chi connectivity index (χ3v) is 3.10. The van der Waals surface area contributed by atoms with E-state index in [1.807, 2.05) is 13.1 Å². The lowest BCUT2D eigenvalue weighted by atomic mass is 10.0. The van der Waals surface area contributed by atoms with Crippen LogP contribution in [0.15, 0.2) is 24.7 Å². The quantitative estimate of drug-likeness (QED) is 0.904. The number of methoxy groups -OCH3 is 1. The molecule has 1 unspecified atom stereocenters. The fourth-order valence-corrected chi connectivity index (χ4v) is 2.25. The molecule has 0 aliphatic heterocycles. The van der Waals surface area contributed by atoms with E-state index in [9.17, 15) is 0 Å². The van der Waals surface area contributed by atoms with Gasteiger partial charge in [0.2, 0.25) is 5.88 Å². The normalized spacial score (nSPS) is 12.2. The van der Waals surface area contributed by atoms with Gasteiger partial charge in [-0.1, -0.05) is 13.0 Å². The fourth-order valence-electron chi connectivity index (χ4n) is 2.25. The van der Waals surface area contributed by atoms with Gasteiger partial charge in [-0.15, -0.1) is 0 Å². The van der Waals surface area contributed by atoms with E-state index in [0.717, 1.165) is 29.1 Å². The Morgan fingerprint density at radius 3 is 2.55 bits per heavy atom. The molecule has 1 atom stereocenters. The molecule has 2 heterocycles. The highest BCUT2D eigenvalue weighted by molar-refractivity contribution is 5.34. The van der Waals surface area contributed by atoms with E-state index < -0.39 is 0 Å². The number of nitrogens with one attached hydrogen (secondary N) is 1. The molecule has 5 heteroatoms. The average Bonchev–Trinajstić information content (AvgIpc) is 2.45. The Bertz CT molecular complexity index is 586. The lowest BCUT2D eigenvalue weighted by Gasteiger charge is -2.20. The van der Waals surface area contributed by atoms with Crippen LogP contribution in [-0.2, 0) is 0 Å². The average molecular weight is 272 g/mol. The van der Waals surface area contributed by atoms with Crippen molar-refractivity contribution in [2.45, 2.75) is 26.8 Å². The van der Waals surface area contributed by atoms with Crippen molar-refractivity contribution in [2.75, 3.05) is 13.7 Å². The van der Waals surface area contributed by atoms with Gasteiger partial charge in [0.15, 0.2) is 0 Å². The van der Waals surface area contributed by atoms with Crippen LogP contribution in [0.4, 0.5) is 0 Å². The molecule has 20 heavy (non-hydrogen) atoms. The number of pyridine rings is 1. The minimum atomic E-state index is -0.121. The minimum Gasteiger partial charge on any atom is -0.480 e. The van der Waals surface area contributed by atoms with Gasteiger partial charge in [0.1, 0.15) is 5.69 Å². The SMILES string of the molecule is CCNC(c1ncc(C)cc1C)c1nccnc1OC. The summed E-state index contributed by atoms with van der Waals surface area (Å²) in [6.45, 7) is 6.95. The van der Waals surface area contributed by atoms with E-state index in [1.165, 1.54) is 0 Å². The van der Waals surface area contributed by atoms with Gasteiger partial charge in [-0.3, -0.25) is 9.97 Å². The first-order chi connectivity index (χ1) is 9.67. The predicted octanol–water partition coefficient (Wildman–Crippen LogP) is 2.20. The molecule has 0 spiro atoms. The summed E-state index contributed by atoms with van der Waals surface area (Å²) in [4.78, 5) is 13.2. The molecule has 0 aliphatic rings. The molecule has 106 valence electrons. The highest BCUT2D eigenvalue weighted by atomic mass is 16.5. The van der Waals surface area contributed by atoms with Gasteiger partial charge in [-0.25, -0.2) is 4.98 Å². The van der Waals surface area contributed by atoms with Crippen LogP contribution in [0, 0.1) is 13.8 Å². The van der Waals surface area contributed by atoms with Crippen molar-refractivity contribution >= 4 is 0 Å². The van der Waals surface area contributed by atoms with Crippen LogP contribution in [0.5, 0.6) is 5.88 Å². The van der Waals surface area contributed by atoms with Gasteiger partial charge in [0, 0.05) is 18.6 Å². The number of aryl methyl sites for hydroxylation is 2. The fraction of sp³-hybridized carbons (Fsp3) is 0.400. The van der Waals surface area contributed by atoms with Gasteiger partial charge in [0.25, 0.3) is 0 Å². The van der Waals surface area contributed by atoms with Gasteiger partial charge in [-0.05, 0) is 31.5 Å². The monoisotopic (exact) mass is 272 g/mol. The maximum Gasteiger partial charge on any atom is 0.237 e. The summed E-state index contributed by atoms with van der Waals surface area (Å²) < 4.78 is 5.32. The van der Waals surface area contributed by atoms with E-state index in [4.69, 9.17) is 4.74 Å². The number of aromatic nitrogens is 3. The Labute approximate surface area is 119 Å². The van der Waals surface area contributed by atoms with Crippen molar-refractivity contribution < 1.29 is 4.74 Å². The van der Waals surface area contributed by atoms with Crippen LogP contribution in [0.3, 0.4) is 0 Å². The number of hydrogen-bond acceptors (Lipinski definition) is 5. The molecule has 0 aromatic carbocycles. The van der Waals surface area contributed by atoms with Crippen LogP contribution in [-0.4, -0.2) is 28.6 Å². The molecule has 0 saturated heterocycles. The van der Waals surface area contributed by atoms with Crippen molar-refractivity contribution in [2.24, 2.45) is 0 Å². The van der Waals surface area contributed by atoms with Crippen molar-refractivity contribution in [1.82, 2.24) is 20.3 Å².